The first-order valence-corrected chi connectivity index (χ1v) is 12.4. The quantitative estimate of drug-likeness (QED) is 0.538. The summed E-state index contributed by atoms with van der Waals surface area (Å²) in [5.74, 6) is 0.663. The highest BCUT2D eigenvalue weighted by Gasteiger charge is 2.34. The number of benzene rings is 1. The maximum Gasteiger partial charge on any atom is 0.343 e. The van der Waals surface area contributed by atoms with Gasteiger partial charge in [0.1, 0.15) is 17.4 Å². The van der Waals surface area contributed by atoms with Crippen molar-refractivity contribution in [1.82, 2.24) is 19.9 Å². The molecule has 2 aliphatic heterocycles. The minimum atomic E-state index is -0.635. The zero-order valence-electron chi connectivity index (χ0n) is 21.8. The van der Waals surface area contributed by atoms with Crippen molar-refractivity contribution in [3.63, 3.8) is 0 Å². The van der Waals surface area contributed by atoms with Crippen LogP contribution < -0.4 is 15.5 Å². The van der Waals surface area contributed by atoms with E-state index in [2.05, 4.69) is 42.1 Å². The molecule has 37 heavy (non-hydrogen) atoms. The zero-order valence-corrected chi connectivity index (χ0v) is 21.8. The van der Waals surface area contributed by atoms with Gasteiger partial charge in [-0.3, -0.25) is 4.79 Å². The second-order valence-corrected chi connectivity index (χ2v) is 10.5. The Morgan fingerprint density at radius 1 is 1.14 bits per heavy atom. The van der Waals surface area contributed by atoms with E-state index < -0.39 is 5.97 Å². The van der Waals surface area contributed by atoms with E-state index in [1.165, 1.54) is 13.2 Å². The van der Waals surface area contributed by atoms with E-state index in [4.69, 9.17) is 14.2 Å². The van der Waals surface area contributed by atoms with E-state index in [0.717, 1.165) is 34.5 Å². The fraction of sp³-hybridized carbons (Fsp3) is 0.429. The number of carbonyl (C=O) groups is 1. The van der Waals surface area contributed by atoms with Gasteiger partial charge >= 0.3 is 5.97 Å². The summed E-state index contributed by atoms with van der Waals surface area (Å²) in [7, 11) is 2.90. The summed E-state index contributed by atoms with van der Waals surface area (Å²) in [5.41, 5.74) is 3.96. The van der Waals surface area contributed by atoms with E-state index >= 15 is 0 Å². The molecule has 2 unspecified atom stereocenters. The number of rotatable bonds is 4. The number of morpholine rings is 1. The molecular formula is C28H32N4O5. The Morgan fingerprint density at radius 2 is 1.89 bits per heavy atom. The van der Waals surface area contributed by atoms with Gasteiger partial charge in [0.05, 0.1) is 26.5 Å². The number of pyridine rings is 1. The highest BCUT2D eigenvalue weighted by atomic mass is 16.5. The van der Waals surface area contributed by atoms with Crippen LogP contribution in [0.2, 0.25) is 0 Å². The van der Waals surface area contributed by atoms with Crippen molar-refractivity contribution >= 4 is 5.97 Å². The van der Waals surface area contributed by atoms with E-state index in [1.807, 2.05) is 10.6 Å². The summed E-state index contributed by atoms with van der Waals surface area (Å²) >= 11 is 0. The Morgan fingerprint density at radius 3 is 2.51 bits per heavy atom. The highest BCUT2D eigenvalue weighted by molar-refractivity contribution is 5.89. The average molecular weight is 505 g/mol. The van der Waals surface area contributed by atoms with Gasteiger partial charge in [-0.15, -0.1) is 0 Å². The fourth-order valence-electron chi connectivity index (χ4n) is 5.12. The van der Waals surface area contributed by atoms with Crippen LogP contribution in [0.1, 0.15) is 54.7 Å². The molecule has 1 aromatic carbocycles. The molecule has 0 aliphatic carbocycles. The van der Waals surface area contributed by atoms with Crippen LogP contribution >= 0.6 is 0 Å². The molecule has 5 rings (SSSR count). The zero-order chi connectivity index (χ0) is 26.3. The first-order chi connectivity index (χ1) is 17.7. The molecule has 2 aromatic heterocycles. The maximum absolute atomic E-state index is 12.9. The lowest BCUT2D eigenvalue weighted by molar-refractivity contribution is 0.0221. The Balaban J connectivity index is 1.61. The normalized spacial score (nSPS) is 19.1. The number of aromatic nitrogens is 3. The summed E-state index contributed by atoms with van der Waals surface area (Å²) in [6.07, 6.45) is 5.79. The number of fused-ring (bicyclic) bond motifs is 3. The van der Waals surface area contributed by atoms with Crippen molar-refractivity contribution in [2.24, 2.45) is 5.41 Å². The molecule has 2 atom stereocenters. The van der Waals surface area contributed by atoms with Crippen molar-refractivity contribution in [3.8, 4) is 28.1 Å². The Labute approximate surface area is 215 Å². The van der Waals surface area contributed by atoms with Crippen LogP contribution in [0.5, 0.6) is 5.75 Å². The first kappa shape index (κ1) is 25.1. The van der Waals surface area contributed by atoms with Gasteiger partial charge in [-0.2, -0.15) is 0 Å². The number of ether oxygens (including phenoxy) is 3. The van der Waals surface area contributed by atoms with Gasteiger partial charge in [-0.25, -0.2) is 14.8 Å². The molecule has 0 bridgehead atoms. The lowest BCUT2D eigenvalue weighted by atomic mass is 9.78. The average Bonchev–Trinajstić information content (AvgIpc) is 2.91. The molecule has 194 valence electrons. The molecular weight excluding hydrogens is 472 g/mol. The standard InChI is InChI=1S/C28H32N4O5/c1-28(2,3)25-9-16-8-19(17-12-30-26(31-13-17)24-14-29-6-7-37-24)23(35-4)10-18(16)21-11-22(33)20(15-32(21)25)27(34)36-5/h8,10-13,15,24-25,29H,6-7,9,14H2,1-5H3. The molecule has 2 aliphatic rings. The van der Waals surface area contributed by atoms with Gasteiger partial charge in [0, 0.05) is 60.5 Å². The van der Waals surface area contributed by atoms with Gasteiger partial charge in [-0.1, -0.05) is 20.8 Å². The highest BCUT2D eigenvalue weighted by Crippen LogP contribution is 2.45. The van der Waals surface area contributed by atoms with Gasteiger partial charge in [-0.05, 0) is 29.5 Å². The van der Waals surface area contributed by atoms with E-state index in [-0.39, 0.29) is 28.6 Å². The van der Waals surface area contributed by atoms with Crippen LogP contribution in [0.25, 0.3) is 22.4 Å². The molecule has 1 saturated heterocycles. The third kappa shape index (κ3) is 4.65. The second kappa shape index (κ2) is 9.72. The molecule has 1 N–H and O–H groups in total. The lowest BCUT2D eigenvalue weighted by Gasteiger charge is -2.39. The number of nitrogens with one attached hydrogen (secondary N) is 1. The molecule has 0 amide bonds. The number of methoxy groups -OCH3 is 2. The minimum absolute atomic E-state index is 0.00910. The molecule has 0 spiro atoms. The topological polar surface area (TPSA) is 105 Å². The molecule has 9 heteroatoms. The predicted molar refractivity (Wildman–Crippen MR) is 139 cm³/mol. The van der Waals surface area contributed by atoms with Crippen LogP contribution in [0.15, 0.2) is 41.6 Å². The summed E-state index contributed by atoms with van der Waals surface area (Å²) in [4.78, 5) is 34.3. The smallest absolute Gasteiger partial charge is 0.343 e. The number of hydrogen-bond donors (Lipinski definition) is 1. The molecule has 0 saturated carbocycles. The van der Waals surface area contributed by atoms with Crippen molar-refractivity contribution in [2.75, 3.05) is 33.9 Å². The lowest BCUT2D eigenvalue weighted by Crippen LogP contribution is -2.34. The van der Waals surface area contributed by atoms with Gasteiger partial charge in [0.15, 0.2) is 11.3 Å². The van der Waals surface area contributed by atoms with Crippen LogP contribution in [-0.2, 0) is 15.9 Å². The number of hydrogen-bond acceptors (Lipinski definition) is 8. The monoisotopic (exact) mass is 504 g/mol. The Kier molecular flexibility index (Phi) is 6.59. The van der Waals surface area contributed by atoms with Crippen LogP contribution in [-0.4, -0.2) is 54.4 Å². The van der Waals surface area contributed by atoms with Crippen LogP contribution in [0.3, 0.4) is 0 Å². The largest absolute Gasteiger partial charge is 0.496 e. The number of carbonyl (C=O) groups excluding carboxylic acids is 1. The third-order valence-corrected chi connectivity index (χ3v) is 7.13. The van der Waals surface area contributed by atoms with E-state index in [1.54, 1.807) is 25.7 Å². The van der Waals surface area contributed by atoms with Gasteiger partial charge in [0.2, 0.25) is 0 Å². The molecule has 3 aromatic rings. The van der Waals surface area contributed by atoms with Gasteiger partial charge in [0.25, 0.3) is 0 Å². The summed E-state index contributed by atoms with van der Waals surface area (Å²) < 4.78 is 18.4. The summed E-state index contributed by atoms with van der Waals surface area (Å²) in [6.45, 7) is 8.61. The Hall–Kier alpha value is -3.56. The number of esters is 1. The maximum atomic E-state index is 12.9. The van der Waals surface area contributed by atoms with Crippen molar-refractivity contribution in [1.29, 1.82) is 0 Å². The van der Waals surface area contributed by atoms with Crippen LogP contribution in [0.4, 0.5) is 0 Å². The predicted octanol–water partition coefficient (Wildman–Crippen LogP) is 3.57. The third-order valence-electron chi connectivity index (χ3n) is 7.13. The van der Waals surface area contributed by atoms with Crippen molar-refractivity contribution in [2.45, 2.75) is 39.3 Å². The Bertz CT molecular complexity index is 1390. The summed E-state index contributed by atoms with van der Waals surface area (Å²) in [6, 6.07) is 5.59. The first-order valence-electron chi connectivity index (χ1n) is 12.4. The van der Waals surface area contributed by atoms with Crippen LogP contribution in [0, 0.1) is 5.41 Å². The van der Waals surface area contributed by atoms with Crippen molar-refractivity contribution < 1.29 is 19.0 Å². The minimum Gasteiger partial charge on any atom is -0.496 e. The molecule has 4 heterocycles. The molecule has 9 nitrogen and oxygen atoms in total. The second-order valence-electron chi connectivity index (χ2n) is 10.5. The van der Waals surface area contributed by atoms with Gasteiger partial charge < -0.3 is 24.1 Å². The molecule has 0 radical (unpaired) electrons. The van der Waals surface area contributed by atoms with Crippen molar-refractivity contribution in [3.05, 3.63) is 64.0 Å². The fourth-order valence-corrected chi connectivity index (χ4v) is 5.12. The number of nitrogens with zero attached hydrogens (tertiary/aromatic N) is 3. The summed E-state index contributed by atoms with van der Waals surface area (Å²) in [5, 5.41) is 3.30. The SMILES string of the molecule is COC(=O)c1cn2c(cc1=O)-c1cc(OC)c(-c3cnc(C4CNCCO4)nc3)cc1CC2C(C)(C)C. The molecule has 1 fully saturated rings. The van der Waals surface area contributed by atoms with E-state index in [0.29, 0.717) is 31.1 Å². The van der Waals surface area contributed by atoms with E-state index in [9.17, 15) is 9.59 Å².